The van der Waals surface area contributed by atoms with Crippen LogP contribution in [0.2, 0.25) is 0 Å². The first kappa shape index (κ1) is 36.1. The van der Waals surface area contributed by atoms with E-state index in [2.05, 4.69) is 27.8 Å². The Labute approximate surface area is 248 Å². The first-order valence-electron chi connectivity index (χ1n) is 14.1. The van der Waals surface area contributed by atoms with Gasteiger partial charge in [-0.25, -0.2) is 4.79 Å². The van der Waals surface area contributed by atoms with Gasteiger partial charge >= 0.3 is 6.03 Å². The van der Waals surface area contributed by atoms with Gasteiger partial charge in [-0.05, 0) is 29.9 Å². The van der Waals surface area contributed by atoms with Gasteiger partial charge in [0.2, 0.25) is 11.8 Å². The summed E-state index contributed by atoms with van der Waals surface area (Å²) in [5, 5.41) is 9.46. The summed E-state index contributed by atoms with van der Waals surface area (Å²) < 4.78 is 0. The molecule has 0 spiro atoms. The molecular formula is C29H49N5O6S. The number of carbonyl (C=O) groups is 6. The van der Waals surface area contributed by atoms with Crippen LogP contribution in [-0.4, -0.2) is 82.6 Å². The quantitative estimate of drug-likeness (QED) is 0.145. The smallest absolute Gasteiger partial charge is 0.316 e. The SMILES string of the molecule is C=CCNC(=O)C(=O)C(NC(=O)[C@@H]1CCCN1C(=O)C(NC(=O)NC(C(=O)C(C)(C)C)C(C)C)C(C)(C)C)SCC. The first-order valence-corrected chi connectivity index (χ1v) is 15.2. The summed E-state index contributed by atoms with van der Waals surface area (Å²) in [6.45, 7) is 20.2. The molecule has 0 aromatic heterocycles. The van der Waals surface area contributed by atoms with E-state index in [1.807, 2.05) is 13.8 Å². The van der Waals surface area contributed by atoms with E-state index in [1.54, 1.807) is 48.5 Å². The van der Waals surface area contributed by atoms with Gasteiger partial charge in [-0.3, -0.25) is 24.0 Å². The second-order valence-electron chi connectivity index (χ2n) is 12.6. The number of nitrogens with zero attached hydrogens (tertiary/aromatic N) is 1. The van der Waals surface area contributed by atoms with Gasteiger partial charge in [0, 0.05) is 18.5 Å². The lowest BCUT2D eigenvalue weighted by molar-refractivity contribution is -0.143. The highest BCUT2D eigenvalue weighted by molar-refractivity contribution is 8.00. The van der Waals surface area contributed by atoms with Crippen LogP contribution >= 0.6 is 11.8 Å². The maximum absolute atomic E-state index is 13.8. The monoisotopic (exact) mass is 595 g/mol. The molecule has 0 aromatic rings. The lowest BCUT2D eigenvalue weighted by Gasteiger charge is -2.36. The van der Waals surface area contributed by atoms with Crippen molar-refractivity contribution in [2.24, 2.45) is 16.7 Å². The highest BCUT2D eigenvalue weighted by Crippen LogP contribution is 2.27. The van der Waals surface area contributed by atoms with Gasteiger partial charge < -0.3 is 26.2 Å². The number of nitrogens with one attached hydrogen (secondary N) is 4. The van der Waals surface area contributed by atoms with Crippen molar-refractivity contribution in [3.63, 3.8) is 0 Å². The molecule has 1 saturated heterocycles. The van der Waals surface area contributed by atoms with E-state index in [-0.39, 0.29) is 18.2 Å². The van der Waals surface area contributed by atoms with Gasteiger partial charge in [0.15, 0.2) is 5.78 Å². The van der Waals surface area contributed by atoms with Crippen LogP contribution < -0.4 is 21.3 Å². The lowest BCUT2D eigenvalue weighted by Crippen LogP contribution is -2.61. The van der Waals surface area contributed by atoms with Gasteiger partial charge in [-0.2, -0.15) is 0 Å². The molecule has 0 saturated carbocycles. The number of rotatable bonds is 13. The van der Waals surface area contributed by atoms with Crippen molar-refractivity contribution in [2.45, 2.75) is 98.7 Å². The highest BCUT2D eigenvalue weighted by Gasteiger charge is 2.43. The summed E-state index contributed by atoms with van der Waals surface area (Å²) in [5.74, 6) is -2.42. The minimum atomic E-state index is -1.11. The van der Waals surface area contributed by atoms with Crippen molar-refractivity contribution >= 4 is 47.1 Å². The average Bonchev–Trinajstić information content (AvgIpc) is 3.36. The van der Waals surface area contributed by atoms with E-state index in [9.17, 15) is 28.8 Å². The van der Waals surface area contributed by atoms with Gasteiger partial charge in [0.1, 0.15) is 17.5 Å². The van der Waals surface area contributed by atoms with Crippen LogP contribution in [0.4, 0.5) is 4.79 Å². The standard InChI is InChI=1S/C29H49N5O6S/c1-11-15-30-24(38)20(35)25(41-12-2)33-23(37)18-14-13-16-34(18)26(39)21(28(5,6)7)32-27(40)31-19(17(3)4)22(36)29(8,9)10/h11,17-19,21,25H,1,12-16H2,2-10H3,(H,30,38)(H,33,37)(H2,31,32,40)/t18-,19?,21?,25?/m0/s1. The summed E-state index contributed by atoms with van der Waals surface area (Å²) >= 11 is 1.11. The first-order chi connectivity index (χ1) is 18.9. The van der Waals surface area contributed by atoms with E-state index in [0.29, 0.717) is 25.1 Å². The third kappa shape index (κ3) is 10.5. The van der Waals surface area contributed by atoms with E-state index in [4.69, 9.17) is 0 Å². The number of amides is 5. The fourth-order valence-corrected chi connectivity index (χ4v) is 5.17. The number of ketones is 2. The van der Waals surface area contributed by atoms with Gasteiger partial charge in [-0.1, -0.05) is 68.4 Å². The molecule has 0 radical (unpaired) electrons. The molecule has 0 bridgehead atoms. The van der Waals surface area contributed by atoms with Crippen molar-refractivity contribution in [1.29, 1.82) is 0 Å². The molecule has 1 fully saturated rings. The molecule has 11 nitrogen and oxygen atoms in total. The Morgan fingerprint density at radius 2 is 1.61 bits per heavy atom. The van der Waals surface area contributed by atoms with E-state index < -0.39 is 63.9 Å². The normalized spacial score (nSPS) is 17.7. The lowest BCUT2D eigenvalue weighted by atomic mass is 9.82. The summed E-state index contributed by atoms with van der Waals surface area (Å²) in [7, 11) is 0. The predicted octanol–water partition coefficient (Wildman–Crippen LogP) is 2.40. The number of hydrogen-bond acceptors (Lipinski definition) is 7. The van der Waals surface area contributed by atoms with E-state index in [0.717, 1.165) is 11.8 Å². The Balaban J connectivity index is 3.11. The average molecular weight is 596 g/mol. The Kier molecular flexibility index (Phi) is 13.5. The largest absolute Gasteiger partial charge is 0.346 e. The number of likely N-dealkylation sites (tertiary alicyclic amines) is 1. The molecule has 5 amide bonds. The predicted molar refractivity (Wildman–Crippen MR) is 161 cm³/mol. The van der Waals surface area contributed by atoms with Crippen LogP contribution in [0.1, 0.15) is 75.2 Å². The molecule has 12 heteroatoms. The molecule has 41 heavy (non-hydrogen) atoms. The fraction of sp³-hybridized carbons (Fsp3) is 0.724. The van der Waals surface area contributed by atoms with Gasteiger partial charge in [0.25, 0.3) is 11.7 Å². The molecular weight excluding hydrogens is 546 g/mol. The molecule has 1 heterocycles. The minimum Gasteiger partial charge on any atom is -0.346 e. The van der Waals surface area contributed by atoms with Crippen molar-refractivity contribution in [3.05, 3.63) is 12.7 Å². The van der Waals surface area contributed by atoms with Crippen LogP contribution in [-0.2, 0) is 24.0 Å². The highest BCUT2D eigenvalue weighted by atomic mass is 32.2. The molecule has 3 unspecified atom stereocenters. The zero-order valence-electron chi connectivity index (χ0n) is 26.0. The van der Waals surface area contributed by atoms with Crippen LogP contribution in [0.3, 0.4) is 0 Å². The third-order valence-corrected chi connectivity index (χ3v) is 7.68. The van der Waals surface area contributed by atoms with Crippen molar-refractivity contribution in [1.82, 2.24) is 26.2 Å². The summed E-state index contributed by atoms with van der Waals surface area (Å²) in [5.41, 5.74) is -1.39. The Bertz CT molecular complexity index is 1000. The molecule has 232 valence electrons. The third-order valence-electron chi connectivity index (χ3n) is 6.68. The van der Waals surface area contributed by atoms with Gasteiger partial charge in [-0.15, -0.1) is 18.3 Å². The fourth-order valence-electron chi connectivity index (χ4n) is 4.38. The van der Waals surface area contributed by atoms with Crippen LogP contribution in [0.5, 0.6) is 0 Å². The second kappa shape index (κ2) is 15.4. The van der Waals surface area contributed by atoms with E-state index in [1.165, 1.54) is 11.0 Å². The number of urea groups is 1. The molecule has 4 N–H and O–H groups in total. The Morgan fingerprint density at radius 1 is 1.00 bits per heavy atom. The Hall–Kier alpha value is -2.89. The molecule has 0 aromatic carbocycles. The number of carbonyl (C=O) groups excluding carboxylic acids is 6. The second-order valence-corrected chi connectivity index (χ2v) is 14.0. The van der Waals surface area contributed by atoms with E-state index >= 15 is 0 Å². The van der Waals surface area contributed by atoms with Gasteiger partial charge in [0.05, 0.1) is 6.04 Å². The molecule has 1 aliphatic heterocycles. The maximum atomic E-state index is 13.8. The van der Waals surface area contributed by atoms with Crippen molar-refractivity contribution in [3.8, 4) is 0 Å². The van der Waals surface area contributed by atoms with Crippen LogP contribution in [0, 0.1) is 16.7 Å². The summed E-state index contributed by atoms with van der Waals surface area (Å²) in [4.78, 5) is 79.5. The summed E-state index contributed by atoms with van der Waals surface area (Å²) in [6.07, 6.45) is 2.37. The van der Waals surface area contributed by atoms with Crippen LogP contribution in [0.15, 0.2) is 12.7 Å². The topological polar surface area (TPSA) is 154 Å². The minimum absolute atomic E-state index is 0.115. The zero-order chi connectivity index (χ0) is 31.7. The van der Waals surface area contributed by atoms with Crippen LogP contribution in [0.25, 0.3) is 0 Å². The number of thioether (sulfide) groups is 1. The zero-order valence-corrected chi connectivity index (χ0v) is 26.8. The molecule has 1 aliphatic rings. The molecule has 0 aliphatic carbocycles. The molecule has 4 atom stereocenters. The number of Topliss-reactive ketones (excluding diaryl/α,β-unsaturated/α-hetero) is 2. The number of hydrogen-bond donors (Lipinski definition) is 4. The van der Waals surface area contributed by atoms with Crippen molar-refractivity contribution in [2.75, 3.05) is 18.8 Å². The van der Waals surface area contributed by atoms with Crippen molar-refractivity contribution < 1.29 is 28.8 Å². The Morgan fingerprint density at radius 3 is 2.10 bits per heavy atom. The molecule has 1 rings (SSSR count). The summed E-state index contributed by atoms with van der Waals surface area (Å²) in [6, 6.07) is -3.26. The maximum Gasteiger partial charge on any atom is 0.316 e.